The van der Waals surface area contributed by atoms with Crippen molar-refractivity contribution in [1.29, 1.82) is 0 Å². The summed E-state index contributed by atoms with van der Waals surface area (Å²) < 4.78 is 10.6. The van der Waals surface area contributed by atoms with Gasteiger partial charge < -0.3 is 19.7 Å². The molecule has 2 heterocycles. The number of rotatable bonds is 2. The second-order valence-electron chi connectivity index (χ2n) is 7.36. The first-order chi connectivity index (χ1) is 11.3. The van der Waals surface area contributed by atoms with Gasteiger partial charge in [0.2, 0.25) is 12.7 Å². The van der Waals surface area contributed by atoms with Crippen LogP contribution in [0.25, 0.3) is 0 Å². The molecule has 2 aliphatic heterocycles. The smallest absolute Gasteiger partial charge is 0.251 e. The molecule has 0 aromatic heterocycles. The van der Waals surface area contributed by atoms with Gasteiger partial charge in [-0.25, -0.2) is 0 Å². The van der Waals surface area contributed by atoms with Crippen LogP contribution < -0.4 is 14.8 Å². The number of carbonyl (C=O) groups excluding carboxylic acids is 2. The highest BCUT2D eigenvalue weighted by molar-refractivity contribution is 5.95. The molecule has 3 rings (SSSR count). The van der Waals surface area contributed by atoms with Crippen molar-refractivity contribution >= 4 is 11.8 Å². The predicted octanol–water partition coefficient (Wildman–Crippen LogP) is 2.18. The van der Waals surface area contributed by atoms with E-state index in [1.54, 1.807) is 18.2 Å². The third-order valence-corrected chi connectivity index (χ3v) is 4.39. The maximum atomic E-state index is 12.4. The van der Waals surface area contributed by atoms with Gasteiger partial charge in [0.15, 0.2) is 11.5 Å². The summed E-state index contributed by atoms with van der Waals surface area (Å²) in [5.74, 6) is 1.32. The lowest BCUT2D eigenvalue weighted by atomic mass is 9.93. The van der Waals surface area contributed by atoms with Crippen LogP contribution in [0.2, 0.25) is 0 Å². The van der Waals surface area contributed by atoms with E-state index in [0.717, 1.165) is 12.8 Å². The fourth-order valence-electron chi connectivity index (χ4n) is 3.01. The van der Waals surface area contributed by atoms with Crippen molar-refractivity contribution in [3.8, 4) is 11.5 Å². The maximum absolute atomic E-state index is 12.4. The number of piperidine rings is 1. The second kappa shape index (κ2) is 6.34. The Morgan fingerprint density at radius 3 is 2.46 bits per heavy atom. The van der Waals surface area contributed by atoms with E-state index in [2.05, 4.69) is 5.32 Å². The molecule has 1 aromatic carbocycles. The highest BCUT2D eigenvalue weighted by Gasteiger charge is 2.30. The van der Waals surface area contributed by atoms with Crippen molar-refractivity contribution in [2.24, 2.45) is 5.41 Å². The highest BCUT2D eigenvalue weighted by atomic mass is 16.7. The highest BCUT2D eigenvalue weighted by Crippen LogP contribution is 2.32. The molecule has 130 valence electrons. The topological polar surface area (TPSA) is 67.9 Å². The predicted molar refractivity (Wildman–Crippen MR) is 89.1 cm³/mol. The molecule has 1 saturated heterocycles. The van der Waals surface area contributed by atoms with Crippen molar-refractivity contribution in [2.75, 3.05) is 19.9 Å². The molecule has 24 heavy (non-hydrogen) atoms. The van der Waals surface area contributed by atoms with Crippen LogP contribution in [0.3, 0.4) is 0 Å². The quantitative estimate of drug-likeness (QED) is 0.901. The molecule has 0 radical (unpaired) electrons. The Morgan fingerprint density at radius 1 is 1.12 bits per heavy atom. The van der Waals surface area contributed by atoms with E-state index in [9.17, 15) is 9.59 Å². The third-order valence-electron chi connectivity index (χ3n) is 4.39. The van der Waals surface area contributed by atoms with Crippen molar-refractivity contribution in [3.63, 3.8) is 0 Å². The van der Waals surface area contributed by atoms with Crippen LogP contribution in [0.4, 0.5) is 0 Å². The molecular weight excluding hydrogens is 308 g/mol. The van der Waals surface area contributed by atoms with E-state index in [4.69, 9.17) is 9.47 Å². The standard InChI is InChI=1S/C18H24N2O4/c1-18(2,3)17(22)20-8-6-13(7-9-20)19-16(21)12-4-5-14-15(10-12)24-11-23-14/h4-5,10,13H,6-9,11H2,1-3H3,(H,19,21). The molecule has 2 aliphatic rings. The first-order valence-corrected chi connectivity index (χ1v) is 8.34. The summed E-state index contributed by atoms with van der Waals surface area (Å²) in [6.07, 6.45) is 1.55. The second-order valence-corrected chi connectivity index (χ2v) is 7.36. The Kier molecular flexibility index (Phi) is 4.39. The van der Waals surface area contributed by atoms with E-state index in [-0.39, 0.29) is 30.1 Å². The third kappa shape index (κ3) is 3.47. The van der Waals surface area contributed by atoms with Gasteiger partial charge in [-0.1, -0.05) is 20.8 Å². The van der Waals surface area contributed by atoms with Crippen LogP contribution >= 0.6 is 0 Å². The maximum Gasteiger partial charge on any atom is 0.251 e. The van der Waals surface area contributed by atoms with Gasteiger partial charge in [-0.2, -0.15) is 0 Å². The van der Waals surface area contributed by atoms with E-state index in [1.165, 1.54) is 0 Å². The van der Waals surface area contributed by atoms with Gasteiger partial charge in [0, 0.05) is 30.1 Å². The van der Waals surface area contributed by atoms with Crippen molar-refractivity contribution < 1.29 is 19.1 Å². The summed E-state index contributed by atoms with van der Waals surface area (Å²) in [5, 5.41) is 3.05. The van der Waals surface area contributed by atoms with Gasteiger partial charge in [-0.05, 0) is 31.0 Å². The first kappa shape index (κ1) is 16.6. The van der Waals surface area contributed by atoms with E-state index in [1.807, 2.05) is 25.7 Å². The van der Waals surface area contributed by atoms with Crippen LogP contribution in [0.15, 0.2) is 18.2 Å². The molecule has 0 aliphatic carbocycles. The molecule has 6 nitrogen and oxygen atoms in total. The molecule has 0 saturated carbocycles. The molecule has 1 aromatic rings. The number of hydrogen-bond acceptors (Lipinski definition) is 4. The normalized spacial score (nSPS) is 17.7. The van der Waals surface area contributed by atoms with Crippen molar-refractivity contribution in [3.05, 3.63) is 23.8 Å². The minimum Gasteiger partial charge on any atom is -0.454 e. The number of nitrogens with zero attached hydrogens (tertiary/aromatic N) is 1. The summed E-state index contributed by atoms with van der Waals surface area (Å²) in [7, 11) is 0. The summed E-state index contributed by atoms with van der Waals surface area (Å²) in [6, 6.07) is 5.28. The average molecular weight is 332 g/mol. The first-order valence-electron chi connectivity index (χ1n) is 8.34. The van der Waals surface area contributed by atoms with Gasteiger partial charge in [-0.15, -0.1) is 0 Å². The van der Waals surface area contributed by atoms with Gasteiger partial charge in [-0.3, -0.25) is 9.59 Å². The minimum absolute atomic E-state index is 0.0898. The Balaban J connectivity index is 1.54. The van der Waals surface area contributed by atoms with E-state index >= 15 is 0 Å². The Labute approximate surface area is 142 Å². The van der Waals surface area contributed by atoms with Gasteiger partial charge >= 0.3 is 0 Å². The number of likely N-dealkylation sites (tertiary alicyclic amines) is 1. The van der Waals surface area contributed by atoms with Gasteiger partial charge in [0.1, 0.15) is 0 Å². The number of fused-ring (bicyclic) bond motifs is 1. The molecule has 0 spiro atoms. The van der Waals surface area contributed by atoms with Crippen LogP contribution in [0.1, 0.15) is 44.0 Å². The lowest BCUT2D eigenvalue weighted by Crippen LogP contribution is -2.49. The molecule has 6 heteroatoms. The van der Waals surface area contributed by atoms with Gasteiger partial charge in [0.25, 0.3) is 5.91 Å². The molecule has 0 atom stereocenters. The summed E-state index contributed by atoms with van der Waals surface area (Å²) in [4.78, 5) is 26.6. The van der Waals surface area contributed by atoms with E-state index < -0.39 is 0 Å². The number of nitrogens with one attached hydrogen (secondary N) is 1. The molecule has 0 unspecified atom stereocenters. The Bertz CT molecular complexity index is 643. The van der Waals surface area contributed by atoms with Crippen LogP contribution in [-0.2, 0) is 4.79 Å². The fourth-order valence-corrected chi connectivity index (χ4v) is 3.01. The number of amides is 2. The molecule has 2 amide bonds. The number of benzene rings is 1. The van der Waals surface area contributed by atoms with Gasteiger partial charge in [0.05, 0.1) is 0 Å². The van der Waals surface area contributed by atoms with Crippen molar-refractivity contribution in [2.45, 2.75) is 39.7 Å². The van der Waals surface area contributed by atoms with Crippen molar-refractivity contribution in [1.82, 2.24) is 10.2 Å². The van der Waals surface area contributed by atoms with Crippen LogP contribution in [0, 0.1) is 5.41 Å². The summed E-state index contributed by atoms with van der Waals surface area (Å²) in [6.45, 7) is 7.36. The minimum atomic E-state index is -0.359. The molecular formula is C18H24N2O4. The zero-order valence-electron chi connectivity index (χ0n) is 14.4. The van der Waals surface area contributed by atoms with Crippen LogP contribution in [0.5, 0.6) is 11.5 Å². The molecule has 1 fully saturated rings. The Morgan fingerprint density at radius 2 is 1.79 bits per heavy atom. The lowest BCUT2D eigenvalue weighted by Gasteiger charge is -2.36. The number of hydrogen-bond donors (Lipinski definition) is 1. The zero-order valence-corrected chi connectivity index (χ0v) is 14.4. The van der Waals surface area contributed by atoms with E-state index in [0.29, 0.717) is 30.2 Å². The largest absolute Gasteiger partial charge is 0.454 e. The zero-order chi connectivity index (χ0) is 17.3. The number of carbonyl (C=O) groups is 2. The Hall–Kier alpha value is -2.24. The molecule has 1 N–H and O–H groups in total. The number of ether oxygens (including phenoxy) is 2. The average Bonchev–Trinajstić information content (AvgIpc) is 3.01. The fraction of sp³-hybridized carbons (Fsp3) is 0.556. The summed E-state index contributed by atoms with van der Waals surface area (Å²) in [5.41, 5.74) is 0.204. The molecule has 0 bridgehead atoms. The van der Waals surface area contributed by atoms with Crippen LogP contribution in [-0.4, -0.2) is 42.6 Å². The monoisotopic (exact) mass is 332 g/mol. The summed E-state index contributed by atoms with van der Waals surface area (Å²) >= 11 is 0. The lowest BCUT2D eigenvalue weighted by molar-refractivity contribution is -0.140. The SMILES string of the molecule is CC(C)(C)C(=O)N1CCC(NC(=O)c2ccc3c(c2)OCO3)CC1.